The van der Waals surface area contributed by atoms with E-state index < -0.39 is 0 Å². The Morgan fingerprint density at radius 1 is 0.115 bits per heavy atom. The molecule has 0 unspecified atom stereocenters. The van der Waals surface area contributed by atoms with E-state index in [1.165, 1.54) is 275 Å². The van der Waals surface area contributed by atoms with E-state index >= 15 is 0 Å². The molecule has 654 valence electrons. The number of hydrogen-bond acceptors (Lipinski definition) is 0. The highest BCUT2D eigenvalue weighted by Crippen LogP contribution is 2.59. The van der Waals surface area contributed by atoms with Gasteiger partial charge < -0.3 is 0 Å². The molecule has 0 N–H and O–H groups in total. The van der Waals surface area contributed by atoms with Gasteiger partial charge in [-0.05, 0) is 341 Å². The molecular formula is C139H98. The van der Waals surface area contributed by atoms with Crippen molar-refractivity contribution in [1.82, 2.24) is 0 Å². The Balaban J connectivity index is 0.000000108. The van der Waals surface area contributed by atoms with Crippen molar-refractivity contribution in [2.24, 2.45) is 0 Å². The quantitative estimate of drug-likeness (QED) is 0.126. The topological polar surface area (TPSA) is 0 Å². The first-order chi connectivity index (χ1) is 68.2. The van der Waals surface area contributed by atoms with Crippen LogP contribution < -0.4 is 0 Å². The Labute approximate surface area is 811 Å². The number of hydrogen-bond donors (Lipinski definition) is 0. The summed E-state index contributed by atoms with van der Waals surface area (Å²) in [6.07, 6.45) is 0. The van der Waals surface area contributed by atoms with Gasteiger partial charge in [0.25, 0.3) is 0 Å². The molecule has 25 aromatic rings. The molecule has 0 saturated heterocycles. The molecule has 3 aliphatic rings. The third kappa shape index (κ3) is 13.6. The normalized spacial score (nSPS) is 13.3. The summed E-state index contributed by atoms with van der Waals surface area (Å²) in [5, 5.41) is 26.7. The molecule has 0 heteroatoms. The maximum absolute atomic E-state index is 2.44. The summed E-state index contributed by atoms with van der Waals surface area (Å²) in [4.78, 5) is 0. The molecule has 0 bridgehead atoms. The van der Waals surface area contributed by atoms with Crippen molar-refractivity contribution in [3.8, 4) is 134 Å². The lowest BCUT2D eigenvalue weighted by molar-refractivity contribution is 0.666. The molecule has 0 aliphatic heterocycles. The van der Waals surface area contributed by atoms with Crippen LogP contribution >= 0.6 is 0 Å². The van der Waals surface area contributed by atoms with E-state index in [4.69, 9.17) is 0 Å². The predicted octanol–water partition coefficient (Wildman–Crippen LogP) is 38.5. The highest BCUT2D eigenvalue weighted by Gasteiger charge is 2.42. The third-order valence-corrected chi connectivity index (χ3v) is 31.0. The number of benzene rings is 25. The second-order valence-electron chi connectivity index (χ2n) is 39.9. The average Bonchev–Trinajstić information content (AvgIpc) is 1.57. The fourth-order valence-electron chi connectivity index (χ4n) is 24.4. The van der Waals surface area contributed by atoms with Crippen molar-refractivity contribution in [1.29, 1.82) is 0 Å². The van der Waals surface area contributed by atoms with Crippen LogP contribution in [0.5, 0.6) is 0 Å². The van der Waals surface area contributed by atoms with Crippen molar-refractivity contribution in [2.45, 2.75) is 57.8 Å². The van der Waals surface area contributed by atoms with Crippen LogP contribution in [0.15, 0.2) is 485 Å². The van der Waals surface area contributed by atoms with Crippen LogP contribution in [0.4, 0.5) is 0 Å². The minimum Gasteiger partial charge on any atom is -0.0622 e. The first-order valence-corrected chi connectivity index (χ1v) is 49.0. The molecular weight excluding hydrogens is 1670 g/mol. The van der Waals surface area contributed by atoms with Gasteiger partial charge in [0, 0.05) is 16.2 Å². The zero-order chi connectivity index (χ0) is 92.9. The minimum absolute atomic E-state index is 0.110. The van der Waals surface area contributed by atoms with E-state index in [1.54, 1.807) is 0 Å². The molecule has 0 spiro atoms. The van der Waals surface area contributed by atoms with Gasteiger partial charge in [-0.2, -0.15) is 0 Å². The summed E-state index contributed by atoms with van der Waals surface area (Å²) in [6, 6.07) is 179. The molecule has 25 aromatic carbocycles. The average molecular weight is 1770 g/mol. The van der Waals surface area contributed by atoms with Crippen molar-refractivity contribution in [3.63, 3.8) is 0 Å². The maximum atomic E-state index is 2.44. The predicted molar refractivity (Wildman–Crippen MR) is 596 cm³/mol. The molecule has 0 radical (unpaired) electrons. The molecule has 139 heavy (non-hydrogen) atoms. The van der Waals surface area contributed by atoms with E-state index in [0.29, 0.717) is 0 Å². The first kappa shape index (κ1) is 82.8. The molecule has 3 aliphatic carbocycles. The molecule has 0 fully saturated rings. The Bertz CT molecular complexity index is 9220. The summed E-state index contributed by atoms with van der Waals surface area (Å²) >= 11 is 0. The Morgan fingerprint density at radius 3 is 0.612 bits per heavy atom. The Kier molecular flexibility index (Phi) is 19.5. The molecule has 0 aromatic heterocycles. The van der Waals surface area contributed by atoms with Crippen LogP contribution in [0.2, 0.25) is 0 Å². The van der Waals surface area contributed by atoms with Crippen LogP contribution in [0.25, 0.3) is 241 Å². The fraction of sp³-hybridized carbons (Fsp3) is 0.0647. The van der Waals surface area contributed by atoms with Crippen LogP contribution in [0.1, 0.15) is 74.9 Å². The number of rotatable bonds is 9. The zero-order valence-corrected chi connectivity index (χ0v) is 78.7. The van der Waals surface area contributed by atoms with Gasteiger partial charge in [-0.15, -0.1) is 0 Å². The van der Waals surface area contributed by atoms with Gasteiger partial charge in [-0.25, -0.2) is 0 Å². The van der Waals surface area contributed by atoms with E-state index in [1.807, 2.05) is 0 Å². The maximum Gasteiger partial charge on any atom is 0.0165 e. The largest absolute Gasteiger partial charge is 0.0622 e. The standard InChI is InChI=1S/C51H36.C45H32.C43H30/c1-51(2)48-27-24-37(32-47(48)46-26-25-45-43-22-10-9-20-41(43)42-21-11-12-23-44(42)49(45)50(46)51)35-18-13-19-36(28-35)40-30-38(33-14-5-3-6-15-33)29-39(31-40)34-16-7-4-8-17-34;1-45(2)42-25-22-34(33-17-11-16-32(27-33)31-15-10-14-30(26-31)29-12-4-3-5-13-29)28-41(42)40-24-23-39-37-20-7-6-18-35(37)36-19-8-9-21-38(36)43(39)44(40)45;1-43(2)40-23-20-32(30-13-9-12-29(25-30)31-19-18-27-10-3-4-11-28(27)24-31)26-39(40)38-22-21-37-35-16-6-5-14-33(35)34-15-7-8-17-36(34)41(37)42(38)43/h3-32H,1-2H3;3-28H,1-2H3;3-26H,1-2H3. The minimum atomic E-state index is -0.137. The van der Waals surface area contributed by atoms with Gasteiger partial charge >= 0.3 is 0 Å². The highest BCUT2D eigenvalue weighted by atomic mass is 14.4. The number of fused-ring (bicyclic) bond motifs is 31. The van der Waals surface area contributed by atoms with E-state index in [2.05, 4.69) is 527 Å². The lowest BCUT2D eigenvalue weighted by atomic mass is 9.78. The molecule has 0 nitrogen and oxygen atoms in total. The lowest BCUT2D eigenvalue weighted by Crippen LogP contribution is -2.15. The summed E-state index contributed by atoms with van der Waals surface area (Å²) in [6.45, 7) is 14.4. The third-order valence-electron chi connectivity index (χ3n) is 31.0. The SMILES string of the molecule is CC1(C)c2ccc(-c3cccc(-c4cc(-c5ccccc5)cc(-c5ccccc5)c4)c3)cc2-c2ccc3c4ccccc4c4ccccc4c3c21.CC1(C)c2ccc(-c3cccc(-c4ccc5ccccc5c4)c3)cc2-c2ccc3c4ccccc4c4ccccc4c3c21.CC1(C)c2ccc(-c3cccc(-c4cccc(-c5ccccc5)c4)c3)cc2-c2ccc3c4ccccc4c4ccccc4c3c21. The van der Waals surface area contributed by atoms with Crippen molar-refractivity contribution in [2.75, 3.05) is 0 Å². The van der Waals surface area contributed by atoms with Crippen molar-refractivity contribution in [3.05, 3.63) is 519 Å². The molecule has 28 rings (SSSR count). The summed E-state index contributed by atoms with van der Waals surface area (Å²) in [7, 11) is 0. The second-order valence-corrected chi connectivity index (χ2v) is 39.9. The van der Waals surface area contributed by atoms with Crippen LogP contribution in [-0.2, 0) is 16.2 Å². The van der Waals surface area contributed by atoms with E-state index in [9.17, 15) is 0 Å². The van der Waals surface area contributed by atoms with Crippen molar-refractivity contribution < 1.29 is 0 Å². The fourth-order valence-corrected chi connectivity index (χ4v) is 24.4. The molecule has 0 amide bonds. The monoisotopic (exact) mass is 1770 g/mol. The lowest BCUT2D eigenvalue weighted by Gasteiger charge is -2.24. The van der Waals surface area contributed by atoms with Gasteiger partial charge in [0.15, 0.2) is 0 Å². The highest BCUT2D eigenvalue weighted by molar-refractivity contribution is 6.31. The molecule has 0 heterocycles. The van der Waals surface area contributed by atoms with Gasteiger partial charge in [0.05, 0.1) is 0 Å². The first-order valence-electron chi connectivity index (χ1n) is 49.0. The second kappa shape index (κ2) is 32.7. The van der Waals surface area contributed by atoms with Gasteiger partial charge in [-0.3, -0.25) is 0 Å². The molecule has 0 saturated carbocycles. The van der Waals surface area contributed by atoms with Gasteiger partial charge in [0.1, 0.15) is 0 Å². The Hall–Kier alpha value is -16.9. The van der Waals surface area contributed by atoms with E-state index in [-0.39, 0.29) is 16.2 Å². The summed E-state index contributed by atoms with van der Waals surface area (Å²) < 4.78 is 0. The summed E-state index contributed by atoms with van der Waals surface area (Å²) in [5.74, 6) is 0. The molecule has 0 atom stereocenters. The van der Waals surface area contributed by atoms with Crippen molar-refractivity contribution >= 4 is 108 Å². The smallest absolute Gasteiger partial charge is 0.0165 e. The van der Waals surface area contributed by atoms with Crippen LogP contribution in [-0.4, -0.2) is 0 Å². The van der Waals surface area contributed by atoms with Gasteiger partial charge in [-0.1, -0.05) is 460 Å². The van der Waals surface area contributed by atoms with E-state index in [0.717, 1.165) is 0 Å². The summed E-state index contributed by atoms with van der Waals surface area (Å²) in [5.41, 5.74) is 38.5. The van der Waals surface area contributed by atoms with Crippen LogP contribution in [0, 0.1) is 0 Å². The van der Waals surface area contributed by atoms with Gasteiger partial charge in [0.2, 0.25) is 0 Å². The Morgan fingerprint density at radius 2 is 0.309 bits per heavy atom. The zero-order valence-electron chi connectivity index (χ0n) is 78.7. The van der Waals surface area contributed by atoms with Crippen LogP contribution in [0.3, 0.4) is 0 Å².